The van der Waals surface area contributed by atoms with Crippen molar-refractivity contribution in [1.82, 2.24) is 34.1 Å². The van der Waals surface area contributed by atoms with Gasteiger partial charge in [-0.05, 0) is 12.1 Å². The highest BCUT2D eigenvalue weighted by molar-refractivity contribution is 8.44. The molecule has 2 bridgehead atoms. The monoisotopic (exact) mass is 729 g/mol. The first-order valence-corrected chi connectivity index (χ1v) is 19.1. The number of anilines is 2. The highest BCUT2D eigenvalue weighted by Gasteiger charge is 2.52. The highest BCUT2D eigenvalue weighted by atomic mass is 32.7. The van der Waals surface area contributed by atoms with Crippen LogP contribution in [-0.2, 0) is 41.5 Å². The molecule has 24 heteroatoms. The summed E-state index contributed by atoms with van der Waals surface area (Å²) in [5, 5.41) is 0.163. The predicted octanol–water partition coefficient (Wildman–Crippen LogP) is 0.982. The third-order valence-electron chi connectivity index (χ3n) is 7.77. The number of ketones is 1. The number of hydrogen-bond donors (Lipinski definition) is 5. The number of carbonyl (C=O) groups is 1. The van der Waals surface area contributed by atoms with Gasteiger partial charge >= 0.3 is 13.6 Å². The Bertz CT molecular complexity index is 2150. The molecule has 47 heavy (non-hydrogen) atoms. The van der Waals surface area contributed by atoms with Gasteiger partial charge in [0.05, 0.1) is 24.9 Å². The van der Waals surface area contributed by atoms with Gasteiger partial charge in [0.15, 0.2) is 34.9 Å². The number of aromatic amines is 1. The van der Waals surface area contributed by atoms with Crippen LogP contribution in [0.3, 0.4) is 0 Å². The van der Waals surface area contributed by atoms with Crippen LogP contribution in [-0.4, -0.2) is 77.5 Å². The van der Waals surface area contributed by atoms with E-state index in [0.29, 0.717) is 0 Å². The number of H-pyrrole nitrogens is 1. The lowest BCUT2D eigenvalue weighted by atomic mass is 10.0. The summed E-state index contributed by atoms with van der Waals surface area (Å²) in [6.07, 6.45) is -5.45. The maximum atomic E-state index is 13.6. The summed E-state index contributed by atoms with van der Waals surface area (Å²) < 4.78 is 63.9. The molecule has 0 amide bonds. The van der Waals surface area contributed by atoms with Crippen LogP contribution in [0.15, 0.2) is 34.4 Å². The second-order valence-corrected chi connectivity index (χ2v) is 16.6. The van der Waals surface area contributed by atoms with E-state index in [1.165, 1.54) is 27.6 Å². The second-order valence-electron chi connectivity index (χ2n) is 10.8. The van der Waals surface area contributed by atoms with Gasteiger partial charge in [-0.1, -0.05) is 31.4 Å². The number of nitrogen functional groups attached to an aromatic ring is 2. The molecule has 0 radical (unpaired) electrons. The van der Waals surface area contributed by atoms with E-state index in [9.17, 15) is 23.5 Å². The van der Waals surface area contributed by atoms with Gasteiger partial charge in [-0.15, -0.1) is 0 Å². The number of nitrogens with one attached hydrogen (secondary N) is 1. The fourth-order valence-electron chi connectivity index (χ4n) is 5.60. The molecule has 9 atom stereocenters. The molecule has 3 saturated heterocycles. The number of hydrogen-bond acceptors (Lipinski definition) is 17. The average Bonchev–Trinajstić information content (AvgIpc) is 3.64. The van der Waals surface area contributed by atoms with Crippen LogP contribution in [0.1, 0.15) is 19.4 Å². The van der Waals surface area contributed by atoms with Gasteiger partial charge in [0.25, 0.3) is 11.1 Å². The maximum Gasteiger partial charge on any atom is 0.387 e. The van der Waals surface area contributed by atoms with Gasteiger partial charge < -0.3 is 20.9 Å². The number of nitrogens with zero attached hydrogens (tertiary/aromatic N) is 6. The minimum absolute atomic E-state index is 0.0710. The summed E-state index contributed by atoms with van der Waals surface area (Å²) in [5.41, 5.74) is 10.2. The fourth-order valence-corrected chi connectivity index (χ4v) is 8.54. The third-order valence-corrected chi connectivity index (χ3v) is 11.0. The molecule has 5 N–H and O–H groups in total. The van der Waals surface area contributed by atoms with E-state index in [0.717, 1.165) is 6.33 Å². The normalized spacial score (nSPS) is 35.0. The number of fused-ring (bicyclic) bond motifs is 5. The summed E-state index contributed by atoms with van der Waals surface area (Å²) >= 11 is 8.18. The van der Waals surface area contributed by atoms with E-state index in [1.807, 2.05) is 0 Å². The van der Waals surface area contributed by atoms with Gasteiger partial charge in [0, 0.05) is 5.92 Å². The number of ether oxygens (including phenoxy) is 2. The van der Waals surface area contributed by atoms with Crippen LogP contribution < -0.4 is 22.6 Å². The Hall–Kier alpha value is -3.17. The van der Waals surface area contributed by atoms with Gasteiger partial charge in [0.2, 0.25) is 5.95 Å². The molecule has 4 aromatic heterocycles. The molecule has 0 aromatic carbocycles. The molecular formula is C23H25N9O11P2S2. The number of aromatic nitrogens is 7. The summed E-state index contributed by atoms with van der Waals surface area (Å²) in [6, 6.07) is 2.92. The summed E-state index contributed by atoms with van der Waals surface area (Å²) in [4.78, 5) is 57.8. The van der Waals surface area contributed by atoms with E-state index in [1.54, 1.807) is 6.92 Å². The lowest BCUT2D eigenvalue weighted by Crippen LogP contribution is -2.32. The average molecular weight is 730 g/mol. The van der Waals surface area contributed by atoms with Crippen molar-refractivity contribution >= 4 is 77.8 Å². The van der Waals surface area contributed by atoms with Gasteiger partial charge in [0.1, 0.15) is 36.7 Å². The zero-order valence-corrected chi connectivity index (χ0v) is 27.5. The molecule has 0 saturated carbocycles. The van der Waals surface area contributed by atoms with Crippen molar-refractivity contribution in [3.63, 3.8) is 0 Å². The number of imidazole rings is 1. The van der Waals surface area contributed by atoms with Crippen molar-refractivity contribution in [3.05, 3.63) is 45.5 Å². The molecule has 3 fully saturated rings. The van der Waals surface area contributed by atoms with Gasteiger partial charge in [-0.25, -0.2) is 24.1 Å². The third kappa shape index (κ3) is 5.92. The summed E-state index contributed by atoms with van der Waals surface area (Å²) in [5.74, 6) is -1.57. The van der Waals surface area contributed by atoms with Crippen molar-refractivity contribution in [1.29, 1.82) is 0 Å². The van der Waals surface area contributed by atoms with E-state index < -0.39 is 86.5 Å². The standard InChI is InChI=1S/C23H25N9O11P2S2/c1-8-15-11(41-21(8)32-7-27-17-9(20(32)35)2-3-12(24)28-17)5-39-45(37,47)43-16-14(33)10(4-38-44(36,46)42-15)40-22(16)31-6-26-13-18(31)29-23(25)30-19(13)34/h2-3,6-8,10-11,15-16,21-22H,4-5H2,1H3,(H2,24,28)(H,36,46)(H,37,47)(H3,25,29,30,34)/t8?,10-,11-,15+,16?,21-,22-,44?,45?/m1/s1. The highest BCUT2D eigenvalue weighted by Crippen LogP contribution is 2.60. The Morgan fingerprint density at radius 1 is 0.936 bits per heavy atom. The van der Waals surface area contributed by atoms with Crippen LogP contribution >= 0.6 is 38.1 Å². The lowest BCUT2D eigenvalue weighted by molar-refractivity contribution is -0.127. The smallest absolute Gasteiger partial charge is 0.384 e. The maximum absolute atomic E-state index is 13.6. The largest absolute Gasteiger partial charge is 0.387 e. The Morgan fingerprint density at radius 2 is 1.66 bits per heavy atom. The molecule has 7 heterocycles. The molecule has 20 nitrogen and oxygen atoms in total. The first kappa shape index (κ1) is 32.4. The quantitative estimate of drug-likeness (QED) is 0.142. The topological polar surface area (TPSA) is 270 Å². The van der Waals surface area contributed by atoms with Crippen LogP contribution in [0.5, 0.6) is 0 Å². The Kier molecular flexibility index (Phi) is 8.10. The fraction of sp³-hybridized carbons (Fsp3) is 0.435. The number of Topliss-reactive ketones (excluding diaryl/α,β-unsaturated/α-hetero) is 1. The zero-order chi connectivity index (χ0) is 33.4. The SMILES string of the molecule is CC1[C@H](n2cnc3nc(N)ccc3c2=O)O[C@@H]2COP(=O)(S)OC3C(=O)[C@@H](COP(=O)(S)O[C@@H]12)O[C@H]3n1cnc2c(=O)[nH]c(N)nc21. The van der Waals surface area contributed by atoms with Crippen molar-refractivity contribution < 1.29 is 41.5 Å². The number of nitrogens with two attached hydrogens (primary N) is 2. The molecule has 0 aliphatic carbocycles. The first-order valence-electron chi connectivity index (χ1n) is 13.7. The Labute approximate surface area is 272 Å². The van der Waals surface area contributed by atoms with Crippen molar-refractivity contribution in [3.8, 4) is 0 Å². The predicted molar refractivity (Wildman–Crippen MR) is 168 cm³/mol. The number of thiol groups is 2. The molecule has 3 aliphatic heterocycles. The first-order chi connectivity index (χ1) is 22.2. The number of rotatable bonds is 2. The lowest BCUT2D eigenvalue weighted by Gasteiger charge is -2.26. The van der Waals surface area contributed by atoms with Crippen LogP contribution in [0, 0.1) is 5.92 Å². The molecule has 4 aromatic rings. The summed E-state index contributed by atoms with van der Waals surface area (Å²) in [7, 11) is 0. The van der Waals surface area contributed by atoms with Crippen molar-refractivity contribution in [2.75, 3.05) is 24.7 Å². The zero-order valence-electron chi connectivity index (χ0n) is 23.9. The number of carbonyl (C=O) groups excluding carboxylic acids is 1. The molecule has 250 valence electrons. The van der Waals surface area contributed by atoms with Crippen molar-refractivity contribution in [2.45, 2.75) is 43.8 Å². The minimum atomic E-state index is -4.41. The van der Waals surface area contributed by atoms with Gasteiger partial charge in [-0.2, -0.15) is 4.98 Å². The molecule has 7 rings (SSSR count). The second kappa shape index (κ2) is 11.8. The van der Waals surface area contributed by atoms with Crippen molar-refractivity contribution in [2.24, 2.45) is 5.92 Å². The van der Waals surface area contributed by atoms with E-state index in [4.69, 9.17) is 39.0 Å². The van der Waals surface area contributed by atoms with Crippen LogP contribution in [0.25, 0.3) is 22.2 Å². The van der Waals surface area contributed by atoms with Crippen LogP contribution in [0.2, 0.25) is 0 Å². The Morgan fingerprint density at radius 3 is 2.45 bits per heavy atom. The number of pyridine rings is 1. The van der Waals surface area contributed by atoms with E-state index in [-0.39, 0.29) is 34.0 Å². The van der Waals surface area contributed by atoms with Gasteiger partial charge in [-0.3, -0.25) is 46.6 Å². The van der Waals surface area contributed by atoms with E-state index in [2.05, 4.69) is 49.4 Å². The molecule has 4 unspecified atom stereocenters. The minimum Gasteiger partial charge on any atom is -0.384 e. The Balaban J connectivity index is 1.21. The summed E-state index contributed by atoms with van der Waals surface area (Å²) in [6.45, 7) is -8.22. The molecule has 0 spiro atoms. The molecular weight excluding hydrogens is 704 g/mol. The van der Waals surface area contributed by atoms with Crippen LogP contribution in [0.4, 0.5) is 11.8 Å². The molecule has 3 aliphatic rings. The van der Waals surface area contributed by atoms with E-state index >= 15 is 0 Å².